The highest BCUT2D eigenvalue weighted by atomic mass is 19.1. The number of rotatable bonds is 3. The molecular weight excluding hydrogens is 357 g/mol. The van der Waals surface area contributed by atoms with Crippen LogP contribution < -0.4 is 5.43 Å². The van der Waals surface area contributed by atoms with Crippen molar-refractivity contribution in [3.05, 3.63) is 75.8 Å². The number of likely N-dealkylation sites (N-methyl/N-ethyl adjacent to an activating group) is 1. The minimum Gasteiger partial charge on any atom is -0.337 e. The Morgan fingerprint density at radius 1 is 1.11 bits per heavy atom. The molecule has 0 bridgehead atoms. The zero-order valence-corrected chi connectivity index (χ0v) is 15.7. The molecular formula is C22H22FN3O2. The third-order valence-electron chi connectivity index (χ3n) is 5.73. The quantitative estimate of drug-likeness (QED) is 0.751. The fourth-order valence-corrected chi connectivity index (χ4v) is 4.24. The molecule has 1 amide bonds. The van der Waals surface area contributed by atoms with Gasteiger partial charge in [-0.15, -0.1) is 0 Å². The zero-order chi connectivity index (χ0) is 19.7. The maximum Gasteiger partial charge on any atom is 0.278 e. The first-order valence-corrected chi connectivity index (χ1v) is 9.57. The average molecular weight is 379 g/mol. The van der Waals surface area contributed by atoms with E-state index in [9.17, 15) is 14.0 Å². The topological polar surface area (TPSA) is 66.1 Å². The van der Waals surface area contributed by atoms with E-state index in [1.807, 2.05) is 18.2 Å². The first kappa shape index (κ1) is 18.3. The van der Waals surface area contributed by atoms with E-state index in [-0.39, 0.29) is 28.6 Å². The number of fused-ring (bicyclic) bond motifs is 1. The van der Waals surface area contributed by atoms with Gasteiger partial charge in [-0.2, -0.15) is 5.10 Å². The van der Waals surface area contributed by atoms with Gasteiger partial charge in [0.2, 0.25) is 5.43 Å². The van der Waals surface area contributed by atoms with E-state index in [0.717, 1.165) is 25.7 Å². The largest absolute Gasteiger partial charge is 0.337 e. The number of para-hydroxylation sites is 1. The Morgan fingerprint density at radius 3 is 2.64 bits per heavy atom. The lowest BCUT2D eigenvalue weighted by Gasteiger charge is -2.38. The van der Waals surface area contributed by atoms with Gasteiger partial charge < -0.3 is 4.90 Å². The molecule has 3 aromatic rings. The van der Waals surface area contributed by atoms with Crippen molar-refractivity contribution in [1.29, 1.82) is 0 Å². The van der Waals surface area contributed by atoms with Crippen LogP contribution in [0.3, 0.4) is 0 Å². The molecule has 1 aliphatic carbocycles. The Balaban J connectivity index is 1.68. The van der Waals surface area contributed by atoms with Gasteiger partial charge in [-0.25, -0.2) is 4.39 Å². The highest BCUT2D eigenvalue weighted by molar-refractivity contribution is 5.95. The Kier molecular flexibility index (Phi) is 4.94. The molecule has 1 fully saturated rings. The SMILES string of the molecule is CN(C(=O)c1n[nH]c2c(F)cccc2c1=O)C1CCCCC1c1ccccc1. The van der Waals surface area contributed by atoms with E-state index < -0.39 is 17.2 Å². The Morgan fingerprint density at radius 2 is 1.86 bits per heavy atom. The van der Waals surface area contributed by atoms with Gasteiger partial charge in [0.1, 0.15) is 11.3 Å². The molecule has 1 aliphatic rings. The van der Waals surface area contributed by atoms with Crippen molar-refractivity contribution in [1.82, 2.24) is 15.1 Å². The van der Waals surface area contributed by atoms with E-state index in [4.69, 9.17) is 0 Å². The van der Waals surface area contributed by atoms with Crippen molar-refractivity contribution >= 4 is 16.8 Å². The van der Waals surface area contributed by atoms with E-state index in [1.54, 1.807) is 11.9 Å². The number of nitrogens with one attached hydrogen (secondary N) is 1. The van der Waals surface area contributed by atoms with Crippen LogP contribution in [0.15, 0.2) is 53.3 Å². The minimum absolute atomic E-state index is 0.00643. The summed E-state index contributed by atoms with van der Waals surface area (Å²) in [5.41, 5.74) is 0.482. The smallest absolute Gasteiger partial charge is 0.278 e. The predicted molar refractivity (Wildman–Crippen MR) is 106 cm³/mol. The number of carbonyl (C=O) groups is 1. The molecule has 0 aliphatic heterocycles. The molecule has 1 saturated carbocycles. The van der Waals surface area contributed by atoms with Crippen LogP contribution in [0.25, 0.3) is 10.9 Å². The summed E-state index contributed by atoms with van der Waals surface area (Å²) in [4.78, 5) is 27.5. The number of hydrogen-bond acceptors (Lipinski definition) is 3. The number of nitrogens with zero attached hydrogens (tertiary/aromatic N) is 2. The van der Waals surface area contributed by atoms with Crippen LogP contribution in [-0.2, 0) is 0 Å². The van der Waals surface area contributed by atoms with Gasteiger partial charge in [0.05, 0.1) is 5.39 Å². The molecule has 2 unspecified atom stereocenters. The molecule has 0 saturated heterocycles. The molecule has 0 radical (unpaired) electrons. The van der Waals surface area contributed by atoms with Gasteiger partial charge in [-0.05, 0) is 30.5 Å². The van der Waals surface area contributed by atoms with E-state index in [2.05, 4.69) is 22.3 Å². The molecule has 5 nitrogen and oxygen atoms in total. The Hall–Kier alpha value is -3.02. The number of aromatic nitrogens is 2. The van der Waals surface area contributed by atoms with Crippen molar-refractivity contribution in [2.24, 2.45) is 0 Å². The molecule has 2 aromatic carbocycles. The second-order valence-corrected chi connectivity index (χ2v) is 7.35. The number of H-pyrrole nitrogens is 1. The standard InChI is InChI=1S/C22H22FN3O2/c1-26(18-13-6-5-10-15(18)14-8-3-2-4-9-14)22(28)20-21(27)16-11-7-12-17(23)19(16)24-25-20/h2-4,7-9,11-12,15,18H,5-6,10,13H2,1H3,(H,24,27). The van der Waals surface area contributed by atoms with E-state index in [0.29, 0.717) is 0 Å². The summed E-state index contributed by atoms with van der Waals surface area (Å²) in [5, 5.41) is 6.58. The summed E-state index contributed by atoms with van der Waals surface area (Å²) in [5.74, 6) is -0.771. The molecule has 4 rings (SSSR count). The van der Waals surface area contributed by atoms with Crippen LogP contribution in [-0.4, -0.2) is 34.1 Å². The maximum atomic E-state index is 13.9. The lowest BCUT2D eigenvalue weighted by Crippen LogP contribution is -2.44. The fraction of sp³-hybridized carbons (Fsp3) is 0.318. The second kappa shape index (κ2) is 7.54. The molecule has 1 heterocycles. The zero-order valence-electron chi connectivity index (χ0n) is 15.7. The summed E-state index contributed by atoms with van der Waals surface area (Å²) in [6.07, 6.45) is 4.03. The molecule has 2 atom stereocenters. The van der Waals surface area contributed by atoms with Crippen LogP contribution in [0.5, 0.6) is 0 Å². The number of benzene rings is 2. The summed E-state index contributed by atoms with van der Waals surface area (Å²) in [6, 6.07) is 14.4. The third-order valence-corrected chi connectivity index (χ3v) is 5.73. The van der Waals surface area contributed by atoms with Crippen molar-refractivity contribution in [3.63, 3.8) is 0 Å². The van der Waals surface area contributed by atoms with Crippen LogP contribution >= 0.6 is 0 Å². The Labute approximate surface area is 162 Å². The average Bonchev–Trinajstić information content (AvgIpc) is 2.74. The van der Waals surface area contributed by atoms with Gasteiger partial charge in [-0.3, -0.25) is 14.7 Å². The number of aromatic amines is 1. The number of hydrogen-bond donors (Lipinski definition) is 1. The van der Waals surface area contributed by atoms with E-state index in [1.165, 1.54) is 23.8 Å². The number of carbonyl (C=O) groups excluding carboxylic acids is 1. The fourth-order valence-electron chi connectivity index (χ4n) is 4.24. The lowest BCUT2D eigenvalue weighted by molar-refractivity contribution is 0.0661. The summed E-state index contributed by atoms with van der Waals surface area (Å²) in [6.45, 7) is 0. The molecule has 144 valence electrons. The normalized spacial score (nSPS) is 19.5. The van der Waals surface area contributed by atoms with Gasteiger partial charge in [0.15, 0.2) is 5.69 Å². The highest BCUT2D eigenvalue weighted by Gasteiger charge is 2.33. The maximum absolute atomic E-state index is 13.9. The van der Waals surface area contributed by atoms with Crippen molar-refractivity contribution in [3.8, 4) is 0 Å². The van der Waals surface area contributed by atoms with Crippen LogP contribution in [0, 0.1) is 5.82 Å². The first-order chi connectivity index (χ1) is 13.6. The summed E-state index contributed by atoms with van der Waals surface area (Å²) < 4.78 is 13.9. The third kappa shape index (κ3) is 3.19. The number of halogens is 1. The van der Waals surface area contributed by atoms with Crippen LogP contribution in [0.4, 0.5) is 4.39 Å². The molecule has 6 heteroatoms. The minimum atomic E-state index is -0.564. The first-order valence-electron chi connectivity index (χ1n) is 9.57. The van der Waals surface area contributed by atoms with Gasteiger partial charge >= 0.3 is 0 Å². The van der Waals surface area contributed by atoms with Crippen molar-refractivity contribution in [2.45, 2.75) is 37.6 Å². The predicted octanol–water partition coefficient (Wildman–Crippen LogP) is 3.86. The van der Waals surface area contributed by atoms with Gasteiger partial charge in [0, 0.05) is 19.0 Å². The molecule has 28 heavy (non-hydrogen) atoms. The van der Waals surface area contributed by atoms with Crippen LogP contribution in [0.2, 0.25) is 0 Å². The lowest BCUT2D eigenvalue weighted by atomic mass is 9.79. The van der Waals surface area contributed by atoms with E-state index >= 15 is 0 Å². The Bertz CT molecular complexity index is 1060. The molecule has 1 aromatic heterocycles. The van der Waals surface area contributed by atoms with Crippen molar-refractivity contribution < 1.29 is 9.18 Å². The summed E-state index contributed by atoms with van der Waals surface area (Å²) >= 11 is 0. The molecule has 0 spiro atoms. The van der Waals surface area contributed by atoms with Crippen molar-refractivity contribution in [2.75, 3.05) is 7.05 Å². The second-order valence-electron chi connectivity index (χ2n) is 7.35. The van der Waals surface area contributed by atoms with Crippen LogP contribution in [0.1, 0.15) is 47.7 Å². The van der Waals surface area contributed by atoms with Gasteiger partial charge in [-0.1, -0.05) is 49.2 Å². The molecule has 1 N–H and O–H groups in total. The van der Waals surface area contributed by atoms with Gasteiger partial charge in [0.25, 0.3) is 5.91 Å². The summed E-state index contributed by atoms with van der Waals surface area (Å²) in [7, 11) is 1.73. The monoisotopic (exact) mass is 379 g/mol. The number of amides is 1. The highest BCUT2D eigenvalue weighted by Crippen LogP contribution is 2.36.